The summed E-state index contributed by atoms with van der Waals surface area (Å²) in [5.74, 6) is 1.05. The Morgan fingerprint density at radius 3 is 2.33 bits per heavy atom. The van der Waals surface area contributed by atoms with Crippen LogP contribution >= 0.6 is 0 Å². The third-order valence-corrected chi connectivity index (χ3v) is 3.71. The maximum Gasteiger partial charge on any atom is 0.251 e. The summed E-state index contributed by atoms with van der Waals surface area (Å²) >= 11 is 0. The fourth-order valence-electron chi connectivity index (χ4n) is 2.28. The molecule has 2 N–H and O–H groups in total. The molecule has 118 valence electrons. The molecule has 0 radical (unpaired) electrons. The van der Waals surface area contributed by atoms with Gasteiger partial charge in [-0.15, -0.1) is 0 Å². The van der Waals surface area contributed by atoms with Crippen LogP contribution in [0.1, 0.15) is 37.0 Å². The van der Waals surface area contributed by atoms with Crippen LogP contribution in [0.15, 0.2) is 18.2 Å². The zero-order chi connectivity index (χ0) is 15.8. The first-order chi connectivity index (χ1) is 10.1. The van der Waals surface area contributed by atoms with E-state index >= 15 is 0 Å². The van der Waals surface area contributed by atoms with Crippen LogP contribution in [0.5, 0.6) is 11.5 Å². The third kappa shape index (κ3) is 4.63. The van der Waals surface area contributed by atoms with E-state index in [2.05, 4.69) is 5.32 Å². The Hall–Kier alpha value is -1.75. The molecule has 0 aliphatic carbocycles. The number of carbonyl (C=O) groups excluding carboxylic acids is 1. The van der Waals surface area contributed by atoms with Crippen LogP contribution in [0.2, 0.25) is 0 Å². The molecule has 5 nitrogen and oxygen atoms in total. The van der Waals surface area contributed by atoms with E-state index in [0.717, 1.165) is 12.8 Å². The molecule has 1 amide bonds. The van der Waals surface area contributed by atoms with Crippen molar-refractivity contribution in [2.45, 2.75) is 32.8 Å². The molecule has 1 unspecified atom stereocenters. The molecule has 0 heterocycles. The summed E-state index contributed by atoms with van der Waals surface area (Å²) in [7, 11) is 3.07. The van der Waals surface area contributed by atoms with Gasteiger partial charge in [-0.25, -0.2) is 0 Å². The lowest BCUT2D eigenvalue weighted by atomic mass is 9.96. The number of hydrogen-bond donors (Lipinski definition) is 2. The largest absolute Gasteiger partial charge is 0.493 e. The summed E-state index contributed by atoms with van der Waals surface area (Å²) in [5.41, 5.74) is 0.476. The number of aliphatic hydroxyl groups is 1. The van der Waals surface area contributed by atoms with E-state index in [1.165, 1.54) is 7.11 Å². The summed E-state index contributed by atoms with van der Waals surface area (Å²) < 4.78 is 10.3. The van der Waals surface area contributed by atoms with Gasteiger partial charge in [0.2, 0.25) is 0 Å². The Morgan fingerprint density at radius 1 is 1.19 bits per heavy atom. The lowest BCUT2D eigenvalue weighted by Crippen LogP contribution is -2.36. The van der Waals surface area contributed by atoms with Gasteiger partial charge in [-0.05, 0) is 24.1 Å². The number of ether oxygens (including phenoxy) is 2. The van der Waals surface area contributed by atoms with Crippen LogP contribution in [0.25, 0.3) is 0 Å². The van der Waals surface area contributed by atoms with Crippen LogP contribution in [0, 0.1) is 5.92 Å². The average molecular weight is 295 g/mol. The minimum Gasteiger partial charge on any atom is -0.493 e. The zero-order valence-electron chi connectivity index (χ0n) is 13.2. The van der Waals surface area contributed by atoms with Crippen molar-refractivity contribution in [3.05, 3.63) is 23.8 Å². The highest BCUT2D eigenvalue weighted by Crippen LogP contribution is 2.27. The Kier molecular flexibility index (Phi) is 7.02. The molecule has 0 bridgehead atoms. The van der Waals surface area contributed by atoms with E-state index < -0.39 is 6.10 Å². The van der Waals surface area contributed by atoms with Crippen molar-refractivity contribution in [3.8, 4) is 11.5 Å². The first-order valence-electron chi connectivity index (χ1n) is 7.25. The lowest BCUT2D eigenvalue weighted by Gasteiger charge is -2.20. The Balaban J connectivity index is 2.68. The SMILES string of the molecule is CCC(CC)C(O)CNC(=O)c1ccc(OC)c(OC)c1. The maximum absolute atomic E-state index is 12.1. The van der Waals surface area contributed by atoms with Crippen molar-refractivity contribution in [2.24, 2.45) is 5.92 Å². The number of methoxy groups -OCH3 is 2. The molecule has 0 spiro atoms. The van der Waals surface area contributed by atoms with E-state index in [-0.39, 0.29) is 18.4 Å². The Morgan fingerprint density at radius 2 is 1.81 bits per heavy atom. The molecule has 1 atom stereocenters. The Labute approximate surface area is 126 Å². The standard InChI is InChI=1S/C16H25NO4/c1-5-11(6-2)13(18)10-17-16(19)12-7-8-14(20-3)15(9-12)21-4/h7-9,11,13,18H,5-6,10H2,1-4H3,(H,17,19). The predicted molar refractivity (Wildman–Crippen MR) is 82.0 cm³/mol. The molecule has 0 saturated heterocycles. The molecule has 5 heteroatoms. The summed E-state index contributed by atoms with van der Waals surface area (Å²) in [4.78, 5) is 12.1. The van der Waals surface area contributed by atoms with Gasteiger partial charge in [0, 0.05) is 12.1 Å². The number of aliphatic hydroxyl groups excluding tert-OH is 1. The number of hydrogen-bond acceptors (Lipinski definition) is 4. The van der Waals surface area contributed by atoms with Crippen molar-refractivity contribution in [2.75, 3.05) is 20.8 Å². The highest BCUT2D eigenvalue weighted by molar-refractivity contribution is 5.94. The van der Waals surface area contributed by atoms with Gasteiger partial charge in [0.1, 0.15) is 0 Å². The van der Waals surface area contributed by atoms with Gasteiger partial charge in [0.15, 0.2) is 11.5 Å². The lowest BCUT2D eigenvalue weighted by molar-refractivity contribution is 0.0816. The molecule has 0 fully saturated rings. The average Bonchev–Trinajstić information content (AvgIpc) is 2.52. The minimum atomic E-state index is -0.524. The van der Waals surface area contributed by atoms with Crippen molar-refractivity contribution >= 4 is 5.91 Å². The number of carbonyl (C=O) groups is 1. The maximum atomic E-state index is 12.1. The molecule has 1 aromatic rings. The smallest absolute Gasteiger partial charge is 0.251 e. The topological polar surface area (TPSA) is 67.8 Å². The molecule has 1 aromatic carbocycles. The highest BCUT2D eigenvalue weighted by Gasteiger charge is 2.17. The highest BCUT2D eigenvalue weighted by atomic mass is 16.5. The predicted octanol–water partition coefficient (Wildman–Crippen LogP) is 2.23. The second kappa shape index (κ2) is 8.52. The fraction of sp³-hybridized carbons (Fsp3) is 0.562. The van der Waals surface area contributed by atoms with Crippen LogP contribution in [0.4, 0.5) is 0 Å². The quantitative estimate of drug-likeness (QED) is 0.772. The van der Waals surface area contributed by atoms with Crippen LogP contribution in [-0.4, -0.2) is 37.9 Å². The van der Waals surface area contributed by atoms with E-state index in [1.54, 1.807) is 25.3 Å². The van der Waals surface area contributed by atoms with Crippen molar-refractivity contribution < 1.29 is 19.4 Å². The molecule has 21 heavy (non-hydrogen) atoms. The van der Waals surface area contributed by atoms with Crippen LogP contribution < -0.4 is 14.8 Å². The number of rotatable bonds is 8. The molecule has 1 rings (SSSR count). The van der Waals surface area contributed by atoms with Crippen LogP contribution in [0.3, 0.4) is 0 Å². The zero-order valence-corrected chi connectivity index (χ0v) is 13.2. The molecule has 0 aliphatic heterocycles. The molecule has 0 saturated carbocycles. The minimum absolute atomic E-state index is 0.204. The molecular formula is C16H25NO4. The van der Waals surface area contributed by atoms with Gasteiger partial charge < -0.3 is 19.9 Å². The summed E-state index contributed by atoms with van der Waals surface area (Å²) in [6.45, 7) is 4.32. The van der Waals surface area contributed by atoms with Crippen molar-refractivity contribution in [1.29, 1.82) is 0 Å². The van der Waals surface area contributed by atoms with E-state index in [1.807, 2.05) is 13.8 Å². The second-order valence-corrected chi connectivity index (χ2v) is 4.92. The van der Waals surface area contributed by atoms with E-state index in [0.29, 0.717) is 17.1 Å². The van der Waals surface area contributed by atoms with Gasteiger partial charge >= 0.3 is 0 Å². The number of amides is 1. The fourth-order valence-corrected chi connectivity index (χ4v) is 2.28. The second-order valence-electron chi connectivity index (χ2n) is 4.92. The normalized spacial score (nSPS) is 12.1. The monoisotopic (exact) mass is 295 g/mol. The summed E-state index contributed by atoms with van der Waals surface area (Å²) in [6.07, 6.45) is 1.26. The molecular weight excluding hydrogens is 270 g/mol. The van der Waals surface area contributed by atoms with Gasteiger partial charge in [-0.3, -0.25) is 4.79 Å². The van der Waals surface area contributed by atoms with E-state index in [9.17, 15) is 9.90 Å². The van der Waals surface area contributed by atoms with Crippen molar-refractivity contribution in [1.82, 2.24) is 5.32 Å². The molecule has 0 aromatic heterocycles. The number of benzene rings is 1. The summed E-state index contributed by atoms with van der Waals surface area (Å²) in [5, 5.41) is 12.8. The number of nitrogens with one attached hydrogen (secondary N) is 1. The van der Waals surface area contributed by atoms with Crippen molar-refractivity contribution in [3.63, 3.8) is 0 Å². The van der Waals surface area contributed by atoms with Gasteiger partial charge in [0.05, 0.1) is 20.3 Å². The van der Waals surface area contributed by atoms with Gasteiger partial charge in [0.25, 0.3) is 5.91 Å². The summed E-state index contributed by atoms with van der Waals surface area (Å²) in [6, 6.07) is 4.98. The van der Waals surface area contributed by atoms with Gasteiger partial charge in [-0.2, -0.15) is 0 Å². The van der Waals surface area contributed by atoms with Gasteiger partial charge in [-0.1, -0.05) is 26.7 Å². The van der Waals surface area contributed by atoms with E-state index in [4.69, 9.17) is 9.47 Å². The van der Waals surface area contributed by atoms with Crippen LogP contribution in [-0.2, 0) is 0 Å². The Bertz CT molecular complexity index is 458. The third-order valence-electron chi connectivity index (χ3n) is 3.71. The first kappa shape index (κ1) is 17.3. The first-order valence-corrected chi connectivity index (χ1v) is 7.25. The molecule has 0 aliphatic rings.